The molecule has 0 aromatic heterocycles. The minimum atomic E-state index is 0.695. The predicted octanol–water partition coefficient (Wildman–Crippen LogP) is 2.00. The van der Waals surface area contributed by atoms with E-state index in [0.29, 0.717) is 6.04 Å². The number of hydrogen-bond acceptors (Lipinski definition) is 1. The van der Waals surface area contributed by atoms with E-state index in [1.807, 2.05) is 0 Å². The zero-order valence-corrected chi connectivity index (χ0v) is 9.94. The maximum Gasteiger partial charge on any atom is 0.169 e. The van der Waals surface area contributed by atoms with Crippen LogP contribution in [0.25, 0.3) is 0 Å². The molecule has 0 bridgehead atoms. The second-order valence-corrected chi connectivity index (χ2v) is 5.35. The summed E-state index contributed by atoms with van der Waals surface area (Å²) < 4.78 is 0. The van der Waals surface area contributed by atoms with Crippen LogP contribution in [0.1, 0.15) is 33.1 Å². The van der Waals surface area contributed by atoms with E-state index in [9.17, 15) is 0 Å². The molecule has 0 amide bonds. The molecule has 1 atom stereocenters. The Kier molecular flexibility index (Phi) is 2.96. The Balaban J connectivity index is 1.78. The lowest BCUT2D eigenvalue weighted by Gasteiger charge is -2.21. The van der Waals surface area contributed by atoms with Gasteiger partial charge >= 0.3 is 0 Å². The van der Waals surface area contributed by atoms with E-state index in [-0.39, 0.29) is 0 Å². The van der Waals surface area contributed by atoms with Crippen LogP contribution in [0.15, 0.2) is 0 Å². The van der Waals surface area contributed by atoms with Crippen LogP contribution in [-0.4, -0.2) is 29.1 Å². The summed E-state index contributed by atoms with van der Waals surface area (Å²) in [6, 6.07) is 0.695. The quantitative estimate of drug-likeness (QED) is 0.705. The maximum atomic E-state index is 5.38. The summed E-state index contributed by atoms with van der Waals surface area (Å²) in [5, 5.41) is 4.41. The fourth-order valence-corrected chi connectivity index (χ4v) is 2.34. The number of likely N-dealkylation sites (tertiary alicyclic amines) is 1. The summed E-state index contributed by atoms with van der Waals surface area (Å²) in [6.45, 7) is 6.94. The molecule has 1 heterocycles. The molecular formula is C11H20N2S. The van der Waals surface area contributed by atoms with Gasteiger partial charge < -0.3 is 10.2 Å². The number of hydrogen-bond donors (Lipinski definition) is 1. The lowest BCUT2D eigenvalue weighted by molar-refractivity contribution is 0.387. The van der Waals surface area contributed by atoms with Crippen molar-refractivity contribution in [3.63, 3.8) is 0 Å². The Morgan fingerprint density at radius 2 is 2.07 bits per heavy atom. The fourth-order valence-electron chi connectivity index (χ4n) is 2.01. The van der Waals surface area contributed by atoms with Crippen molar-refractivity contribution in [3.05, 3.63) is 0 Å². The SMILES string of the molecule is CC(C)C1CCN(C(=S)NC2CC2)C1. The molecule has 1 saturated heterocycles. The number of rotatable bonds is 2. The normalized spacial score (nSPS) is 27.1. The zero-order valence-electron chi connectivity index (χ0n) is 9.12. The molecule has 3 heteroatoms. The lowest BCUT2D eigenvalue weighted by Crippen LogP contribution is -2.39. The maximum absolute atomic E-state index is 5.38. The molecule has 0 radical (unpaired) electrons. The lowest BCUT2D eigenvalue weighted by atomic mass is 9.95. The Morgan fingerprint density at radius 3 is 2.57 bits per heavy atom. The highest BCUT2D eigenvalue weighted by atomic mass is 32.1. The van der Waals surface area contributed by atoms with E-state index in [4.69, 9.17) is 12.2 Å². The van der Waals surface area contributed by atoms with E-state index in [1.54, 1.807) is 0 Å². The van der Waals surface area contributed by atoms with E-state index in [0.717, 1.165) is 30.0 Å². The van der Waals surface area contributed by atoms with Crippen molar-refractivity contribution in [1.82, 2.24) is 10.2 Å². The van der Waals surface area contributed by atoms with Crippen LogP contribution in [0.3, 0.4) is 0 Å². The second-order valence-electron chi connectivity index (χ2n) is 4.96. The van der Waals surface area contributed by atoms with Gasteiger partial charge in [0.1, 0.15) is 0 Å². The van der Waals surface area contributed by atoms with E-state index in [2.05, 4.69) is 24.1 Å². The molecular weight excluding hydrogens is 192 g/mol. The highest BCUT2D eigenvalue weighted by Crippen LogP contribution is 2.25. The molecule has 0 spiro atoms. The monoisotopic (exact) mass is 212 g/mol. The van der Waals surface area contributed by atoms with Crippen LogP contribution in [0.2, 0.25) is 0 Å². The van der Waals surface area contributed by atoms with Crippen molar-refractivity contribution in [2.24, 2.45) is 11.8 Å². The minimum absolute atomic E-state index is 0.695. The molecule has 1 saturated carbocycles. The van der Waals surface area contributed by atoms with Gasteiger partial charge in [-0.3, -0.25) is 0 Å². The van der Waals surface area contributed by atoms with Crippen LogP contribution >= 0.6 is 12.2 Å². The second kappa shape index (κ2) is 4.05. The van der Waals surface area contributed by atoms with Crippen LogP contribution in [0, 0.1) is 11.8 Å². The molecule has 14 heavy (non-hydrogen) atoms. The van der Waals surface area contributed by atoms with Gasteiger partial charge in [0.2, 0.25) is 0 Å². The first-order valence-electron chi connectivity index (χ1n) is 5.72. The number of nitrogens with one attached hydrogen (secondary N) is 1. The Morgan fingerprint density at radius 1 is 1.36 bits per heavy atom. The van der Waals surface area contributed by atoms with Gasteiger partial charge in [-0.1, -0.05) is 13.8 Å². The van der Waals surface area contributed by atoms with Crippen molar-refractivity contribution in [3.8, 4) is 0 Å². The van der Waals surface area contributed by atoms with Crippen LogP contribution in [-0.2, 0) is 0 Å². The van der Waals surface area contributed by atoms with E-state index >= 15 is 0 Å². The van der Waals surface area contributed by atoms with Crippen molar-refractivity contribution in [2.45, 2.75) is 39.2 Å². The fraction of sp³-hybridized carbons (Fsp3) is 0.909. The molecule has 2 aliphatic rings. The summed E-state index contributed by atoms with van der Waals surface area (Å²) >= 11 is 5.38. The summed E-state index contributed by atoms with van der Waals surface area (Å²) in [6.07, 6.45) is 3.92. The van der Waals surface area contributed by atoms with Gasteiger partial charge in [0.05, 0.1) is 0 Å². The van der Waals surface area contributed by atoms with Gasteiger partial charge in [-0.2, -0.15) is 0 Å². The topological polar surface area (TPSA) is 15.3 Å². The van der Waals surface area contributed by atoms with Gasteiger partial charge in [-0.05, 0) is 43.3 Å². The average molecular weight is 212 g/mol. The molecule has 1 aliphatic heterocycles. The number of thiocarbonyl (C=S) groups is 1. The molecule has 2 nitrogen and oxygen atoms in total. The summed E-state index contributed by atoms with van der Waals surface area (Å²) in [4.78, 5) is 2.35. The largest absolute Gasteiger partial charge is 0.360 e. The first kappa shape index (κ1) is 10.2. The van der Waals surface area contributed by atoms with Crippen molar-refractivity contribution >= 4 is 17.3 Å². The molecule has 80 valence electrons. The molecule has 2 rings (SSSR count). The molecule has 1 aliphatic carbocycles. The Bertz CT molecular complexity index is 223. The van der Waals surface area contributed by atoms with Crippen molar-refractivity contribution in [2.75, 3.05) is 13.1 Å². The molecule has 0 aromatic carbocycles. The summed E-state index contributed by atoms with van der Waals surface area (Å²) in [5.41, 5.74) is 0. The van der Waals surface area contributed by atoms with Crippen molar-refractivity contribution in [1.29, 1.82) is 0 Å². The first-order valence-corrected chi connectivity index (χ1v) is 6.13. The van der Waals surface area contributed by atoms with Crippen LogP contribution in [0.4, 0.5) is 0 Å². The Hall–Kier alpha value is -0.310. The summed E-state index contributed by atoms with van der Waals surface area (Å²) in [7, 11) is 0. The molecule has 2 fully saturated rings. The molecule has 0 aromatic rings. The zero-order chi connectivity index (χ0) is 10.1. The van der Waals surface area contributed by atoms with Crippen LogP contribution in [0.5, 0.6) is 0 Å². The van der Waals surface area contributed by atoms with Gasteiger partial charge in [0.15, 0.2) is 5.11 Å². The van der Waals surface area contributed by atoms with E-state index < -0.39 is 0 Å². The third-order valence-corrected chi connectivity index (χ3v) is 3.74. The van der Waals surface area contributed by atoms with Gasteiger partial charge in [0, 0.05) is 19.1 Å². The van der Waals surface area contributed by atoms with E-state index in [1.165, 1.54) is 19.3 Å². The third kappa shape index (κ3) is 2.38. The molecule has 1 N–H and O–H groups in total. The smallest absolute Gasteiger partial charge is 0.169 e. The van der Waals surface area contributed by atoms with Gasteiger partial charge in [-0.15, -0.1) is 0 Å². The van der Waals surface area contributed by atoms with Crippen LogP contribution < -0.4 is 5.32 Å². The highest BCUT2D eigenvalue weighted by Gasteiger charge is 2.29. The minimum Gasteiger partial charge on any atom is -0.360 e. The summed E-state index contributed by atoms with van der Waals surface area (Å²) in [5.74, 6) is 1.64. The van der Waals surface area contributed by atoms with Gasteiger partial charge in [0.25, 0.3) is 0 Å². The average Bonchev–Trinajstić information content (AvgIpc) is 2.81. The molecule has 1 unspecified atom stereocenters. The highest BCUT2D eigenvalue weighted by molar-refractivity contribution is 7.80. The number of nitrogens with zero attached hydrogens (tertiary/aromatic N) is 1. The third-order valence-electron chi connectivity index (χ3n) is 3.36. The van der Waals surface area contributed by atoms with Crippen molar-refractivity contribution < 1.29 is 0 Å². The van der Waals surface area contributed by atoms with Gasteiger partial charge in [-0.25, -0.2) is 0 Å². The first-order chi connectivity index (χ1) is 6.66. The standard InChI is InChI=1S/C11H20N2S/c1-8(2)9-5-6-13(7-9)11(14)12-10-3-4-10/h8-10H,3-7H2,1-2H3,(H,12,14). The Labute approximate surface area is 92.0 Å². The predicted molar refractivity (Wildman–Crippen MR) is 63.3 cm³/mol.